The van der Waals surface area contributed by atoms with Crippen LogP contribution in [0.15, 0.2) is 30.3 Å². The normalized spacial score (nSPS) is 24.1. The summed E-state index contributed by atoms with van der Waals surface area (Å²) in [6.07, 6.45) is 2.49. The highest BCUT2D eigenvalue weighted by Gasteiger charge is 2.43. The van der Waals surface area contributed by atoms with E-state index in [4.69, 9.17) is 4.74 Å². The second-order valence-electron chi connectivity index (χ2n) is 6.93. The summed E-state index contributed by atoms with van der Waals surface area (Å²) in [5.41, 5.74) is 1.11. The van der Waals surface area contributed by atoms with Crippen molar-refractivity contribution in [2.75, 3.05) is 26.2 Å². The Labute approximate surface area is 154 Å². The van der Waals surface area contributed by atoms with E-state index in [1.54, 1.807) is 6.92 Å². The molecule has 1 aromatic rings. The molecule has 3 rings (SSSR count). The SMILES string of the molecule is CCOC(=O)[C@@H]1CCCN([C@H]2CC(=O)N(CCc3ccccc3)C2=O)C1. The maximum Gasteiger partial charge on any atom is 0.310 e. The van der Waals surface area contributed by atoms with Crippen LogP contribution in [0.2, 0.25) is 0 Å². The van der Waals surface area contributed by atoms with E-state index in [1.165, 1.54) is 4.90 Å². The maximum absolute atomic E-state index is 12.8. The first-order valence-corrected chi connectivity index (χ1v) is 9.39. The fourth-order valence-electron chi connectivity index (χ4n) is 3.81. The van der Waals surface area contributed by atoms with Gasteiger partial charge in [0.2, 0.25) is 11.8 Å². The summed E-state index contributed by atoms with van der Waals surface area (Å²) < 4.78 is 5.12. The fraction of sp³-hybridized carbons (Fsp3) is 0.550. The summed E-state index contributed by atoms with van der Waals surface area (Å²) in [5.74, 6) is -0.649. The Balaban J connectivity index is 1.60. The molecule has 2 amide bonds. The van der Waals surface area contributed by atoms with Crippen LogP contribution in [0.4, 0.5) is 0 Å². The number of benzene rings is 1. The second-order valence-corrected chi connectivity index (χ2v) is 6.93. The molecule has 140 valence electrons. The predicted octanol–water partition coefficient (Wildman–Crippen LogP) is 1.63. The van der Waals surface area contributed by atoms with Crippen LogP contribution >= 0.6 is 0 Å². The lowest BCUT2D eigenvalue weighted by molar-refractivity contribution is -0.151. The molecule has 0 radical (unpaired) electrons. The van der Waals surface area contributed by atoms with E-state index in [0.29, 0.717) is 26.1 Å². The van der Waals surface area contributed by atoms with E-state index in [2.05, 4.69) is 0 Å². The monoisotopic (exact) mass is 358 g/mol. The lowest BCUT2D eigenvalue weighted by Crippen LogP contribution is -2.48. The van der Waals surface area contributed by atoms with Crippen LogP contribution in [-0.2, 0) is 25.5 Å². The van der Waals surface area contributed by atoms with Gasteiger partial charge in [-0.1, -0.05) is 30.3 Å². The van der Waals surface area contributed by atoms with E-state index in [9.17, 15) is 14.4 Å². The summed E-state index contributed by atoms with van der Waals surface area (Å²) in [4.78, 5) is 40.5. The Kier molecular flexibility index (Phi) is 6.04. The smallest absolute Gasteiger partial charge is 0.310 e. The standard InChI is InChI=1S/C20H26N2O4/c1-2-26-20(25)16-9-6-11-21(14-16)17-13-18(23)22(19(17)24)12-10-15-7-4-3-5-8-15/h3-5,7-8,16-17H,2,6,9-14H2,1H3/t16-,17+/m1/s1. The number of amides is 2. The Hall–Kier alpha value is -2.21. The number of likely N-dealkylation sites (tertiary alicyclic amines) is 2. The average Bonchev–Trinajstić information content (AvgIpc) is 2.95. The maximum atomic E-state index is 12.8. The van der Waals surface area contributed by atoms with E-state index in [0.717, 1.165) is 24.9 Å². The molecule has 0 saturated carbocycles. The van der Waals surface area contributed by atoms with Gasteiger partial charge in [0.25, 0.3) is 0 Å². The molecule has 2 heterocycles. The van der Waals surface area contributed by atoms with Crippen molar-refractivity contribution in [1.82, 2.24) is 9.80 Å². The summed E-state index contributed by atoms with van der Waals surface area (Å²) in [6.45, 7) is 3.81. The van der Waals surface area contributed by atoms with Crippen LogP contribution in [-0.4, -0.2) is 59.9 Å². The Bertz CT molecular complexity index is 661. The summed E-state index contributed by atoms with van der Waals surface area (Å²) in [6, 6.07) is 9.41. The lowest BCUT2D eigenvalue weighted by Gasteiger charge is -2.34. The molecule has 0 bridgehead atoms. The molecule has 0 aliphatic carbocycles. The third-order valence-electron chi connectivity index (χ3n) is 5.20. The number of imide groups is 1. The van der Waals surface area contributed by atoms with Gasteiger partial charge in [-0.15, -0.1) is 0 Å². The molecular formula is C20H26N2O4. The number of hydrogen-bond acceptors (Lipinski definition) is 5. The molecule has 2 atom stereocenters. The van der Waals surface area contributed by atoms with Gasteiger partial charge in [0, 0.05) is 13.1 Å². The Morgan fingerprint density at radius 3 is 2.73 bits per heavy atom. The molecule has 0 unspecified atom stereocenters. The van der Waals surface area contributed by atoms with Gasteiger partial charge >= 0.3 is 5.97 Å². The van der Waals surface area contributed by atoms with Gasteiger partial charge in [-0.2, -0.15) is 0 Å². The first kappa shape index (κ1) is 18.6. The second kappa shape index (κ2) is 8.45. The van der Waals surface area contributed by atoms with Crippen molar-refractivity contribution >= 4 is 17.8 Å². The summed E-state index contributed by atoms with van der Waals surface area (Å²) in [5, 5.41) is 0. The van der Waals surface area contributed by atoms with E-state index < -0.39 is 6.04 Å². The van der Waals surface area contributed by atoms with E-state index in [1.807, 2.05) is 35.2 Å². The molecular weight excluding hydrogens is 332 g/mol. The van der Waals surface area contributed by atoms with Crippen molar-refractivity contribution in [3.63, 3.8) is 0 Å². The number of hydrogen-bond donors (Lipinski definition) is 0. The molecule has 0 spiro atoms. The van der Waals surface area contributed by atoms with Crippen molar-refractivity contribution in [3.05, 3.63) is 35.9 Å². The molecule has 2 fully saturated rings. The van der Waals surface area contributed by atoms with E-state index in [-0.39, 0.29) is 30.1 Å². The third kappa shape index (κ3) is 4.12. The van der Waals surface area contributed by atoms with E-state index >= 15 is 0 Å². The van der Waals surface area contributed by atoms with Gasteiger partial charge in [0.05, 0.1) is 25.0 Å². The number of piperidine rings is 1. The minimum absolute atomic E-state index is 0.116. The third-order valence-corrected chi connectivity index (χ3v) is 5.20. The Morgan fingerprint density at radius 2 is 2.00 bits per heavy atom. The highest BCUT2D eigenvalue weighted by molar-refractivity contribution is 6.05. The zero-order chi connectivity index (χ0) is 18.5. The van der Waals surface area contributed by atoms with Gasteiger partial charge in [-0.05, 0) is 38.3 Å². The molecule has 0 aromatic heterocycles. The van der Waals surface area contributed by atoms with Crippen molar-refractivity contribution in [2.45, 2.75) is 38.6 Å². The lowest BCUT2D eigenvalue weighted by atomic mass is 9.96. The fourth-order valence-corrected chi connectivity index (χ4v) is 3.81. The van der Waals surface area contributed by atoms with Crippen LogP contribution < -0.4 is 0 Å². The quantitative estimate of drug-likeness (QED) is 0.571. The number of nitrogens with zero attached hydrogens (tertiary/aromatic N) is 2. The molecule has 26 heavy (non-hydrogen) atoms. The van der Waals surface area contributed by atoms with Crippen LogP contribution in [0, 0.1) is 5.92 Å². The van der Waals surface area contributed by atoms with Gasteiger partial charge in [0.1, 0.15) is 0 Å². The minimum Gasteiger partial charge on any atom is -0.466 e. The van der Waals surface area contributed by atoms with Crippen LogP contribution in [0.1, 0.15) is 31.7 Å². The zero-order valence-corrected chi connectivity index (χ0v) is 15.2. The van der Waals surface area contributed by atoms with Crippen molar-refractivity contribution < 1.29 is 19.1 Å². The zero-order valence-electron chi connectivity index (χ0n) is 15.2. The summed E-state index contributed by atoms with van der Waals surface area (Å²) >= 11 is 0. The minimum atomic E-state index is -0.435. The summed E-state index contributed by atoms with van der Waals surface area (Å²) in [7, 11) is 0. The van der Waals surface area contributed by atoms with Crippen LogP contribution in [0.5, 0.6) is 0 Å². The number of esters is 1. The average molecular weight is 358 g/mol. The molecule has 6 heteroatoms. The molecule has 0 N–H and O–H groups in total. The first-order chi connectivity index (χ1) is 12.6. The number of carbonyl (C=O) groups is 3. The van der Waals surface area contributed by atoms with Crippen molar-refractivity contribution in [2.24, 2.45) is 5.92 Å². The number of rotatable bonds is 6. The number of carbonyl (C=O) groups excluding carboxylic acids is 3. The molecule has 2 aliphatic heterocycles. The van der Waals surface area contributed by atoms with Gasteiger partial charge in [-0.3, -0.25) is 24.2 Å². The van der Waals surface area contributed by atoms with Crippen molar-refractivity contribution in [3.8, 4) is 0 Å². The molecule has 2 saturated heterocycles. The van der Waals surface area contributed by atoms with Crippen LogP contribution in [0.3, 0.4) is 0 Å². The van der Waals surface area contributed by atoms with Gasteiger partial charge < -0.3 is 4.74 Å². The van der Waals surface area contributed by atoms with Gasteiger partial charge in [0.15, 0.2) is 0 Å². The van der Waals surface area contributed by atoms with Crippen molar-refractivity contribution in [1.29, 1.82) is 0 Å². The Morgan fingerprint density at radius 1 is 1.23 bits per heavy atom. The topological polar surface area (TPSA) is 66.9 Å². The van der Waals surface area contributed by atoms with Crippen LogP contribution in [0.25, 0.3) is 0 Å². The number of ether oxygens (including phenoxy) is 1. The first-order valence-electron chi connectivity index (χ1n) is 9.39. The van der Waals surface area contributed by atoms with Gasteiger partial charge in [-0.25, -0.2) is 0 Å². The largest absolute Gasteiger partial charge is 0.466 e. The molecule has 6 nitrogen and oxygen atoms in total. The molecule has 1 aromatic carbocycles. The highest BCUT2D eigenvalue weighted by Crippen LogP contribution is 2.26. The predicted molar refractivity (Wildman–Crippen MR) is 96.2 cm³/mol. The molecule has 2 aliphatic rings. The highest BCUT2D eigenvalue weighted by atomic mass is 16.5.